The Morgan fingerprint density at radius 1 is 0.923 bits per heavy atom. The predicted molar refractivity (Wildman–Crippen MR) is 36.2 cm³/mol. The second kappa shape index (κ2) is 3.79. The minimum absolute atomic E-state index is 2.26. The molecule has 0 bridgehead atoms. The zero-order valence-corrected chi connectivity index (χ0v) is 7.30. The van der Waals surface area contributed by atoms with E-state index in [0.29, 0.717) is 0 Å². The van der Waals surface area contributed by atoms with Gasteiger partial charge in [0.05, 0.1) is 6.42 Å². The molecule has 0 fully saturated rings. The Kier molecular flexibility index (Phi) is 3.69. The number of hydrogen-bond donors (Lipinski definition) is 0. The van der Waals surface area contributed by atoms with Gasteiger partial charge in [0.1, 0.15) is 0 Å². The van der Waals surface area contributed by atoms with E-state index in [9.17, 15) is 27.2 Å². The van der Waals surface area contributed by atoms with Crippen molar-refractivity contribution < 1.29 is 27.2 Å². The lowest BCUT2D eigenvalue weighted by Gasteiger charge is -2.16. The van der Waals surface area contributed by atoms with Gasteiger partial charge in [-0.1, -0.05) is 0 Å². The molecule has 76 valence electrons. The van der Waals surface area contributed by atoms with E-state index in [4.69, 9.17) is 0 Å². The van der Waals surface area contributed by atoms with Gasteiger partial charge in [-0.25, -0.2) is 0 Å². The summed E-state index contributed by atoms with van der Waals surface area (Å²) in [5.41, 5.74) is 0. The van der Waals surface area contributed by atoms with Crippen LogP contribution in [0.2, 0.25) is 0 Å². The molecule has 0 atom stereocenters. The third-order valence-electron chi connectivity index (χ3n) is 1.02. The van der Waals surface area contributed by atoms with E-state index in [2.05, 4.69) is 23.2 Å². The van der Waals surface area contributed by atoms with Gasteiger partial charge in [0.2, 0.25) is 0 Å². The molecule has 0 rings (SSSR count). The molecule has 0 aromatic heterocycles. The summed E-state index contributed by atoms with van der Waals surface area (Å²) < 4.78 is 48.9. The van der Waals surface area contributed by atoms with Gasteiger partial charge in [-0.3, -0.25) is 9.59 Å². The summed E-state index contributed by atoms with van der Waals surface area (Å²) in [5, 5.41) is -4.52. The maximum Gasteiger partial charge on any atom is 0.326 e. The number of carbonyl (C=O) groups is 2. The molecule has 0 radical (unpaired) electrons. The first-order chi connectivity index (χ1) is 5.59. The summed E-state index contributed by atoms with van der Waals surface area (Å²) >= 11 is 8.61. The van der Waals surface area contributed by atoms with E-state index in [0.717, 1.165) is 0 Å². The summed E-state index contributed by atoms with van der Waals surface area (Å²) in [7, 11) is 0. The maximum atomic E-state index is 12.2. The lowest BCUT2D eigenvalue weighted by molar-refractivity contribution is -0.156. The van der Waals surface area contributed by atoms with Crippen molar-refractivity contribution in [1.29, 1.82) is 0 Å². The lowest BCUT2D eigenvalue weighted by atomic mass is 10.1. The average molecular weight is 241 g/mol. The molecular formula is C5H2Cl2F4O2. The minimum atomic E-state index is -4.46. The van der Waals surface area contributed by atoms with Gasteiger partial charge < -0.3 is 0 Å². The zero-order valence-electron chi connectivity index (χ0n) is 5.79. The van der Waals surface area contributed by atoms with E-state index in [1.54, 1.807) is 0 Å². The van der Waals surface area contributed by atoms with Crippen molar-refractivity contribution >= 4 is 33.7 Å². The number of carbonyl (C=O) groups excluding carboxylic acids is 2. The maximum absolute atomic E-state index is 12.2. The van der Waals surface area contributed by atoms with Gasteiger partial charge in [-0.2, -0.15) is 17.6 Å². The van der Waals surface area contributed by atoms with Gasteiger partial charge in [0.15, 0.2) is 0 Å². The molecule has 0 amide bonds. The SMILES string of the molecule is O=C(Cl)C(F)(F)CC(F)(F)C(=O)Cl. The van der Waals surface area contributed by atoms with Crippen molar-refractivity contribution in [2.24, 2.45) is 0 Å². The standard InChI is InChI=1S/C5H2Cl2F4O2/c6-2(12)4(8,9)1-5(10,11)3(7)13/h1H2. The van der Waals surface area contributed by atoms with Crippen molar-refractivity contribution in [2.45, 2.75) is 18.3 Å². The van der Waals surface area contributed by atoms with Gasteiger partial charge in [0.25, 0.3) is 10.5 Å². The second-order valence-electron chi connectivity index (χ2n) is 2.13. The van der Waals surface area contributed by atoms with Gasteiger partial charge in [0, 0.05) is 0 Å². The van der Waals surface area contributed by atoms with Crippen LogP contribution in [0.15, 0.2) is 0 Å². The number of rotatable bonds is 4. The van der Waals surface area contributed by atoms with Crippen molar-refractivity contribution in [3.63, 3.8) is 0 Å². The molecule has 0 aliphatic carbocycles. The topological polar surface area (TPSA) is 34.1 Å². The normalized spacial score (nSPS) is 12.8. The fourth-order valence-electron chi connectivity index (χ4n) is 0.418. The van der Waals surface area contributed by atoms with Gasteiger partial charge >= 0.3 is 11.8 Å². The summed E-state index contributed by atoms with van der Waals surface area (Å²) in [6.45, 7) is 0. The largest absolute Gasteiger partial charge is 0.326 e. The summed E-state index contributed by atoms with van der Waals surface area (Å²) in [6, 6.07) is 0. The van der Waals surface area contributed by atoms with Crippen LogP contribution in [0, 0.1) is 0 Å². The highest BCUT2D eigenvalue weighted by Crippen LogP contribution is 2.33. The van der Waals surface area contributed by atoms with Crippen LogP contribution >= 0.6 is 23.2 Å². The molecule has 0 heterocycles. The Balaban J connectivity index is 4.61. The van der Waals surface area contributed by atoms with Crippen LogP contribution in [-0.4, -0.2) is 22.3 Å². The molecule has 13 heavy (non-hydrogen) atoms. The molecule has 0 aliphatic rings. The first kappa shape index (κ1) is 12.6. The highest BCUT2D eigenvalue weighted by Gasteiger charge is 2.51. The van der Waals surface area contributed by atoms with E-state index in [1.807, 2.05) is 0 Å². The molecule has 8 heteroatoms. The Hall–Kier alpha value is -0.360. The quantitative estimate of drug-likeness (QED) is 0.558. The molecule has 0 aromatic carbocycles. The van der Waals surface area contributed by atoms with Crippen molar-refractivity contribution in [3.8, 4) is 0 Å². The Morgan fingerprint density at radius 3 is 1.31 bits per heavy atom. The van der Waals surface area contributed by atoms with Crippen LogP contribution in [0.4, 0.5) is 17.6 Å². The molecule has 0 spiro atoms. The number of alkyl halides is 4. The van der Waals surface area contributed by atoms with Crippen LogP contribution in [0.1, 0.15) is 6.42 Å². The van der Waals surface area contributed by atoms with Crippen LogP contribution in [-0.2, 0) is 9.59 Å². The van der Waals surface area contributed by atoms with Crippen molar-refractivity contribution in [3.05, 3.63) is 0 Å². The smallest absolute Gasteiger partial charge is 0.274 e. The van der Waals surface area contributed by atoms with E-state index in [1.165, 1.54) is 0 Å². The predicted octanol–water partition coefficient (Wildman–Crippen LogP) is 2.18. The molecule has 0 N–H and O–H groups in total. The first-order valence-electron chi connectivity index (χ1n) is 2.75. The molecule has 0 unspecified atom stereocenters. The van der Waals surface area contributed by atoms with E-state index < -0.39 is 28.8 Å². The Bertz CT molecular complexity index is 217. The van der Waals surface area contributed by atoms with Crippen LogP contribution < -0.4 is 0 Å². The van der Waals surface area contributed by atoms with E-state index >= 15 is 0 Å². The third-order valence-corrected chi connectivity index (χ3v) is 1.57. The van der Waals surface area contributed by atoms with Crippen molar-refractivity contribution in [2.75, 3.05) is 0 Å². The van der Waals surface area contributed by atoms with Crippen molar-refractivity contribution in [1.82, 2.24) is 0 Å². The molecule has 0 saturated carbocycles. The highest BCUT2D eigenvalue weighted by atomic mass is 35.5. The second-order valence-corrected chi connectivity index (χ2v) is 2.82. The molecule has 0 aliphatic heterocycles. The molecule has 0 aromatic rings. The fraction of sp³-hybridized carbons (Fsp3) is 0.600. The number of halogens is 6. The zero-order chi connectivity index (χ0) is 10.9. The minimum Gasteiger partial charge on any atom is -0.274 e. The van der Waals surface area contributed by atoms with Crippen LogP contribution in [0.5, 0.6) is 0 Å². The van der Waals surface area contributed by atoms with Gasteiger partial charge in [-0.15, -0.1) is 0 Å². The summed E-state index contributed by atoms with van der Waals surface area (Å²) in [5.74, 6) is -8.93. The fourth-order valence-corrected chi connectivity index (χ4v) is 0.551. The first-order valence-corrected chi connectivity index (χ1v) is 3.51. The molecule has 0 saturated heterocycles. The molecule has 2 nitrogen and oxygen atoms in total. The van der Waals surface area contributed by atoms with Crippen LogP contribution in [0.25, 0.3) is 0 Å². The summed E-state index contributed by atoms with van der Waals surface area (Å²) in [6.07, 6.45) is -2.31. The lowest BCUT2D eigenvalue weighted by Crippen LogP contribution is -2.37. The molecular weight excluding hydrogens is 239 g/mol. The Labute approximate surface area is 79.8 Å². The Morgan fingerprint density at radius 2 is 1.15 bits per heavy atom. The third kappa shape index (κ3) is 3.48. The number of hydrogen-bond acceptors (Lipinski definition) is 2. The highest BCUT2D eigenvalue weighted by molar-refractivity contribution is 6.66. The summed E-state index contributed by atoms with van der Waals surface area (Å²) in [4.78, 5) is 19.8. The van der Waals surface area contributed by atoms with Crippen LogP contribution in [0.3, 0.4) is 0 Å². The monoisotopic (exact) mass is 240 g/mol. The average Bonchev–Trinajstić information content (AvgIpc) is 1.83. The van der Waals surface area contributed by atoms with Gasteiger partial charge in [-0.05, 0) is 23.2 Å². The van der Waals surface area contributed by atoms with E-state index in [-0.39, 0.29) is 0 Å².